The Morgan fingerprint density at radius 3 is 1.40 bits per heavy atom. The van der Waals surface area contributed by atoms with Crippen LogP contribution in [-0.2, 0) is 0 Å². The topological polar surface area (TPSA) is 7.12 Å². The molecule has 312 valence electrons. The van der Waals surface area contributed by atoms with Gasteiger partial charge in [0.15, 0.2) is 6.20 Å². The van der Waals surface area contributed by atoms with Crippen molar-refractivity contribution in [2.45, 2.75) is 122 Å². The lowest BCUT2D eigenvalue weighted by atomic mass is 9.83. The summed E-state index contributed by atoms with van der Waals surface area (Å²) in [5.41, 5.74) is 13.2. The number of nitrogens with zero attached hydrogens (tertiary/aromatic N) is 2. The molecular weight excluding hydrogens is 749 g/mol. The third-order valence-electron chi connectivity index (χ3n) is 14.6. The van der Waals surface area contributed by atoms with Crippen LogP contribution in [0.3, 0.4) is 0 Å². The molecule has 0 aliphatic heterocycles. The van der Waals surface area contributed by atoms with E-state index in [9.17, 15) is 0 Å². The van der Waals surface area contributed by atoms with Crippen LogP contribution >= 0.6 is 0 Å². The predicted octanol–water partition coefficient (Wildman–Crippen LogP) is 16.9. The van der Waals surface area contributed by atoms with E-state index in [0.29, 0.717) is 23.7 Å². The van der Waals surface area contributed by atoms with Crippen molar-refractivity contribution in [3.8, 4) is 0 Å². The number of fused-ring (bicyclic) bond motifs is 5. The Hall–Kier alpha value is -5.73. The van der Waals surface area contributed by atoms with Gasteiger partial charge >= 0.3 is 0 Å². The zero-order valence-electron chi connectivity index (χ0n) is 37.4. The fourth-order valence-corrected chi connectivity index (χ4v) is 11.0. The quantitative estimate of drug-likeness (QED) is 0.0986. The van der Waals surface area contributed by atoms with Crippen LogP contribution in [0.15, 0.2) is 158 Å². The molecule has 1 aromatic heterocycles. The summed E-state index contributed by atoms with van der Waals surface area (Å²) in [6.07, 6.45) is 15.8. The Morgan fingerprint density at radius 2 is 0.855 bits per heavy atom. The van der Waals surface area contributed by atoms with Crippen LogP contribution in [0.4, 0.5) is 17.1 Å². The normalized spacial score (nSPS) is 15.8. The van der Waals surface area contributed by atoms with Crippen LogP contribution in [0.25, 0.3) is 32.4 Å². The Kier molecular flexibility index (Phi) is 11.4. The zero-order chi connectivity index (χ0) is 42.2. The number of hydrogen-bond donors (Lipinski definition) is 0. The van der Waals surface area contributed by atoms with E-state index in [1.807, 2.05) is 0 Å². The standard InChI is InChI=1S/C60H63N2/c1-41(2)43-23-27-49(28-24-43)60(50-29-25-47(26-30-50)45-15-7-5-8-16-45)61-40-57-53-19-11-12-20-54(53)59(39-56(57)55-21-13-14-22-58(55)61)62(51-35-31-44(32-36-51)42(3)4)52-37-33-48(34-38-52)46-17-9-6-10-18-46/h11-14,19-42,45-46,60H,5-10,15-18H2,1-4H3/q+1. The molecule has 2 aliphatic rings. The van der Waals surface area contributed by atoms with Gasteiger partial charge in [0.05, 0.1) is 16.5 Å². The highest BCUT2D eigenvalue weighted by molar-refractivity contribution is 6.20. The number of rotatable bonds is 10. The third kappa shape index (κ3) is 7.83. The Morgan fingerprint density at radius 1 is 0.419 bits per heavy atom. The second-order valence-corrected chi connectivity index (χ2v) is 19.2. The Labute approximate surface area is 370 Å². The number of para-hydroxylation sites is 1. The van der Waals surface area contributed by atoms with Gasteiger partial charge < -0.3 is 4.90 Å². The molecule has 62 heavy (non-hydrogen) atoms. The molecule has 0 radical (unpaired) electrons. The summed E-state index contributed by atoms with van der Waals surface area (Å²) in [6, 6.07) is 58.8. The van der Waals surface area contributed by atoms with Gasteiger partial charge in [-0.05, 0) is 113 Å². The first-order chi connectivity index (χ1) is 30.4. The summed E-state index contributed by atoms with van der Waals surface area (Å²) in [6.45, 7) is 9.14. The number of hydrogen-bond acceptors (Lipinski definition) is 1. The summed E-state index contributed by atoms with van der Waals surface area (Å²) in [5, 5.41) is 6.33. The molecule has 1 unspecified atom stereocenters. The lowest BCUT2D eigenvalue weighted by Gasteiger charge is -2.29. The zero-order valence-corrected chi connectivity index (χ0v) is 37.4. The molecule has 2 aliphatic carbocycles. The first-order valence-corrected chi connectivity index (χ1v) is 23.9. The molecule has 0 saturated heterocycles. The lowest BCUT2D eigenvalue weighted by Crippen LogP contribution is -2.41. The molecule has 2 fully saturated rings. The van der Waals surface area contributed by atoms with E-state index >= 15 is 0 Å². The molecular formula is C60H63N2+. The second kappa shape index (κ2) is 17.6. The van der Waals surface area contributed by atoms with Crippen molar-refractivity contribution in [1.82, 2.24) is 0 Å². The van der Waals surface area contributed by atoms with Gasteiger partial charge in [0.25, 0.3) is 0 Å². The molecule has 2 saturated carbocycles. The maximum absolute atomic E-state index is 2.58. The van der Waals surface area contributed by atoms with Crippen molar-refractivity contribution >= 4 is 49.5 Å². The van der Waals surface area contributed by atoms with E-state index in [1.165, 1.54) is 147 Å². The Bertz CT molecular complexity index is 2590. The van der Waals surface area contributed by atoms with Gasteiger partial charge in [-0.3, -0.25) is 0 Å². The summed E-state index contributed by atoms with van der Waals surface area (Å²) < 4.78 is 2.58. The average Bonchev–Trinajstić information content (AvgIpc) is 3.33. The van der Waals surface area contributed by atoms with Crippen molar-refractivity contribution in [2.75, 3.05) is 4.90 Å². The van der Waals surface area contributed by atoms with Crippen LogP contribution < -0.4 is 9.47 Å². The molecule has 0 N–H and O–H groups in total. The molecule has 0 bridgehead atoms. The number of anilines is 3. The summed E-state index contributed by atoms with van der Waals surface area (Å²) in [5.74, 6) is 2.30. The van der Waals surface area contributed by atoms with E-state index in [4.69, 9.17) is 0 Å². The van der Waals surface area contributed by atoms with Gasteiger partial charge in [-0.1, -0.05) is 175 Å². The second-order valence-electron chi connectivity index (χ2n) is 19.2. The maximum Gasteiger partial charge on any atom is 0.213 e. The average molecular weight is 812 g/mol. The third-order valence-corrected chi connectivity index (χ3v) is 14.6. The SMILES string of the molecule is CC(C)c1ccc(C(c2ccc(C3CCCCC3)cc2)[n+]2cc3c4ccccc4c(N(c4ccc(C(C)C)cc4)c4ccc(C5CCCCC5)cc4)cc3c3ccccc32)cc1. The molecule has 10 rings (SSSR count). The van der Waals surface area contributed by atoms with Crippen LogP contribution in [0.1, 0.15) is 155 Å². The highest BCUT2D eigenvalue weighted by Gasteiger charge is 2.30. The molecule has 8 aromatic rings. The van der Waals surface area contributed by atoms with Gasteiger partial charge in [0.1, 0.15) is 0 Å². The summed E-state index contributed by atoms with van der Waals surface area (Å²) >= 11 is 0. The van der Waals surface area contributed by atoms with Crippen molar-refractivity contribution in [2.24, 2.45) is 0 Å². The van der Waals surface area contributed by atoms with Crippen molar-refractivity contribution in [3.05, 3.63) is 191 Å². The smallest absolute Gasteiger partial charge is 0.213 e. The van der Waals surface area contributed by atoms with Crippen molar-refractivity contribution < 1.29 is 4.57 Å². The summed E-state index contributed by atoms with van der Waals surface area (Å²) in [7, 11) is 0. The van der Waals surface area contributed by atoms with Gasteiger partial charge in [-0.15, -0.1) is 0 Å². The predicted molar refractivity (Wildman–Crippen MR) is 264 cm³/mol. The summed E-state index contributed by atoms with van der Waals surface area (Å²) in [4.78, 5) is 2.51. The first kappa shape index (κ1) is 40.3. The van der Waals surface area contributed by atoms with Crippen LogP contribution in [0, 0.1) is 0 Å². The van der Waals surface area contributed by atoms with E-state index < -0.39 is 0 Å². The van der Waals surface area contributed by atoms with Crippen molar-refractivity contribution in [1.29, 1.82) is 0 Å². The number of aromatic nitrogens is 1. The molecule has 0 spiro atoms. The minimum atomic E-state index is 0.00278. The first-order valence-electron chi connectivity index (χ1n) is 23.9. The van der Waals surface area contributed by atoms with Gasteiger partial charge in [-0.2, -0.15) is 4.57 Å². The van der Waals surface area contributed by atoms with Crippen molar-refractivity contribution in [3.63, 3.8) is 0 Å². The molecule has 1 atom stereocenters. The van der Waals surface area contributed by atoms with Gasteiger partial charge in [0, 0.05) is 39.3 Å². The number of pyridine rings is 1. The largest absolute Gasteiger partial charge is 0.310 e. The van der Waals surface area contributed by atoms with Crippen LogP contribution in [-0.4, -0.2) is 0 Å². The minimum Gasteiger partial charge on any atom is -0.310 e. The minimum absolute atomic E-state index is 0.00278. The van der Waals surface area contributed by atoms with Crippen LogP contribution in [0.2, 0.25) is 0 Å². The Balaban J connectivity index is 1.18. The van der Waals surface area contributed by atoms with Gasteiger partial charge in [-0.25, -0.2) is 0 Å². The van der Waals surface area contributed by atoms with E-state index in [1.54, 1.807) is 0 Å². The van der Waals surface area contributed by atoms with Crippen LogP contribution in [0.5, 0.6) is 0 Å². The lowest BCUT2D eigenvalue weighted by molar-refractivity contribution is -0.678. The number of benzene rings is 7. The highest BCUT2D eigenvalue weighted by Crippen LogP contribution is 2.45. The monoisotopic (exact) mass is 811 g/mol. The highest BCUT2D eigenvalue weighted by atomic mass is 15.1. The molecule has 0 amide bonds. The fraction of sp³-hybridized carbons (Fsp3) is 0.317. The van der Waals surface area contributed by atoms with E-state index in [2.05, 4.69) is 195 Å². The van der Waals surface area contributed by atoms with E-state index in [-0.39, 0.29) is 6.04 Å². The fourth-order valence-electron chi connectivity index (χ4n) is 11.0. The maximum atomic E-state index is 2.58. The molecule has 7 aromatic carbocycles. The molecule has 1 heterocycles. The van der Waals surface area contributed by atoms with Gasteiger partial charge in [0.2, 0.25) is 11.6 Å². The molecule has 2 heteroatoms. The molecule has 2 nitrogen and oxygen atoms in total. The van der Waals surface area contributed by atoms with E-state index in [0.717, 1.165) is 0 Å².